The normalized spacial score (nSPS) is 12.8. The van der Waals surface area contributed by atoms with Crippen LogP contribution in [0.3, 0.4) is 0 Å². The summed E-state index contributed by atoms with van der Waals surface area (Å²) < 4.78 is 21.0. The number of benzene rings is 2. The second-order valence-corrected chi connectivity index (χ2v) is 11.3. The molecular formula is C30H40N2O8. The molecule has 2 atom stereocenters. The van der Waals surface area contributed by atoms with Crippen molar-refractivity contribution in [1.29, 1.82) is 0 Å². The molecule has 0 aliphatic heterocycles. The summed E-state index contributed by atoms with van der Waals surface area (Å²) in [7, 11) is 0. The smallest absolute Gasteiger partial charge is 0.461 e. The summed E-state index contributed by atoms with van der Waals surface area (Å²) in [5.74, 6) is -1.35. The van der Waals surface area contributed by atoms with Crippen LogP contribution in [0.1, 0.15) is 59.1 Å². The predicted octanol–water partition coefficient (Wildman–Crippen LogP) is 4.90. The van der Waals surface area contributed by atoms with Gasteiger partial charge in [-0.3, -0.25) is 9.59 Å². The summed E-state index contributed by atoms with van der Waals surface area (Å²) in [6, 6.07) is 16.2. The van der Waals surface area contributed by atoms with Gasteiger partial charge in [0.05, 0.1) is 12.5 Å². The van der Waals surface area contributed by atoms with Crippen molar-refractivity contribution in [3.05, 3.63) is 71.8 Å². The predicted molar refractivity (Wildman–Crippen MR) is 148 cm³/mol. The number of ether oxygens (including phenoxy) is 4. The highest BCUT2D eigenvalue weighted by molar-refractivity contribution is 5.89. The summed E-state index contributed by atoms with van der Waals surface area (Å²) in [5.41, 5.74) is 0.205. The van der Waals surface area contributed by atoms with Crippen molar-refractivity contribution in [3.63, 3.8) is 0 Å². The fourth-order valence-corrected chi connectivity index (χ4v) is 3.31. The van der Waals surface area contributed by atoms with Crippen molar-refractivity contribution in [2.24, 2.45) is 5.41 Å². The van der Waals surface area contributed by atoms with Crippen LogP contribution >= 0.6 is 0 Å². The minimum Gasteiger partial charge on any atom is -0.461 e. The average molecular weight is 557 g/mol. The molecule has 0 saturated carbocycles. The van der Waals surface area contributed by atoms with Gasteiger partial charge < -0.3 is 29.6 Å². The maximum absolute atomic E-state index is 13.3. The van der Waals surface area contributed by atoms with Crippen LogP contribution in [0.5, 0.6) is 0 Å². The van der Waals surface area contributed by atoms with Crippen molar-refractivity contribution in [1.82, 2.24) is 10.6 Å². The number of hydrogen-bond acceptors (Lipinski definition) is 8. The van der Waals surface area contributed by atoms with Crippen molar-refractivity contribution >= 4 is 24.1 Å². The fourth-order valence-electron chi connectivity index (χ4n) is 3.31. The first kappa shape index (κ1) is 32.1. The maximum Gasteiger partial charge on any atom is 0.508 e. The van der Waals surface area contributed by atoms with Crippen molar-refractivity contribution in [2.75, 3.05) is 6.61 Å². The number of rotatable bonds is 11. The highest BCUT2D eigenvalue weighted by Crippen LogP contribution is 2.20. The van der Waals surface area contributed by atoms with E-state index in [2.05, 4.69) is 10.6 Å². The van der Waals surface area contributed by atoms with Crippen LogP contribution in [-0.4, -0.2) is 48.4 Å². The first-order valence-corrected chi connectivity index (χ1v) is 13.1. The number of amides is 2. The van der Waals surface area contributed by atoms with Crippen LogP contribution in [-0.2, 0) is 41.8 Å². The van der Waals surface area contributed by atoms with E-state index in [0.29, 0.717) is 0 Å². The Bertz CT molecular complexity index is 1110. The Morgan fingerprint density at radius 3 is 1.75 bits per heavy atom. The maximum atomic E-state index is 13.3. The standard InChI is InChI=1S/C30H40N2O8/c1-29(2,3)24(20-39-28(36)38-19-22-15-11-8-12-16-22)32-26(34)23(31-27(35)40-30(4,5)6)17-25(33)37-18-21-13-9-7-10-14-21/h7-16,23-24H,17-20H2,1-6H3,(H,31,35)(H,32,34). The van der Waals surface area contributed by atoms with E-state index in [1.807, 2.05) is 69.3 Å². The number of hydrogen-bond donors (Lipinski definition) is 2. The number of alkyl carbamates (subject to hydrolysis) is 1. The van der Waals surface area contributed by atoms with Gasteiger partial charge in [0, 0.05) is 0 Å². The quantitative estimate of drug-likeness (QED) is 0.295. The molecule has 0 spiro atoms. The van der Waals surface area contributed by atoms with Crippen LogP contribution in [0.15, 0.2) is 60.7 Å². The molecule has 2 rings (SSSR count). The molecule has 0 aromatic heterocycles. The molecule has 10 heteroatoms. The summed E-state index contributed by atoms with van der Waals surface area (Å²) in [6.07, 6.45) is -2.19. The minimum absolute atomic E-state index is 0.0179. The summed E-state index contributed by atoms with van der Waals surface area (Å²) >= 11 is 0. The molecule has 10 nitrogen and oxygen atoms in total. The molecule has 0 bridgehead atoms. The third kappa shape index (κ3) is 12.6. The Morgan fingerprint density at radius 2 is 1.25 bits per heavy atom. The highest BCUT2D eigenvalue weighted by atomic mass is 16.7. The van der Waals surface area contributed by atoms with E-state index < -0.39 is 53.6 Å². The molecule has 2 aromatic carbocycles. The van der Waals surface area contributed by atoms with Gasteiger partial charge in [-0.1, -0.05) is 81.4 Å². The zero-order chi connectivity index (χ0) is 29.8. The lowest BCUT2D eigenvalue weighted by atomic mass is 9.87. The van der Waals surface area contributed by atoms with Gasteiger partial charge in [-0.15, -0.1) is 0 Å². The second kappa shape index (κ2) is 14.9. The molecule has 0 aliphatic carbocycles. The van der Waals surface area contributed by atoms with E-state index in [1.165, 1.54) is 0 Å². The first-order valence-electron chi connectivity index (χ1n) is 13.1. The molecule has 0 saturated heterocycles. The van der Waals surface area contributed by atoms with Gasteiger partial charge in [0.15, 0.2) is 0 Å². The van der Waals surface area contributed by atoms with Gasteiger partial charge in [-0.25, -0.2) is 9.59 Å². The summed E-state index contributed by atoms with van der Waals surface area (Å²) in [6.45, 7) is 10.5. The molecule has 0 heterocycles. The Hall–Kier alpha value is -4.08. The van der Waals surface area contributed by atoms with Gasteiger partial charge in [0.1, 0.15) is 31.5 Å². The number of carbonyl (C=O) groups excluding carboxylic acids is 4. The Balaban J connectivity index is 2.04. The molecular weight excluding hydrogens is 516 g/mol. The molecule has 0 aliphatic rings. The molecule has 2 unspecified atom stereocenters. The average Bonchev–Trinajstić information content (AvgIpc) is 2.87. The van der Waals surface area contributed by atoms with E-state index in [-0.39, 0.29) is 19.8 Å². The van der Waals surface area contributed by atoms with Crippen LogP contribution in [0, 0.1) is 5.41 Å². The van der Waals surface area contributed by atoms with Crippen LogP contribution in [0.25, 0.3) is 0 Å². The van der Waals surface area contributed by atoms with Crippen LogP contribution < -0.4 is 10.6 Å². The zero-order valence-electron chi connectivity index (χ0n) is 24.0. The summed E-state index contributed by atoms with van der Waals surface area (Å²) in [4.78, 5) is 50.6. The molecule has 218 valence electrons. The summed E-state index contributed by atoms with van der Waals surface area (Å²) in [5, 5.41) is 5.24. The van der Waals surface area contributed by atoms with Crippen molar-refractivity contribution in [3.8, 4) is 0 Å². The number of carbonyl (C=O) groups is 4. The van der Waals surface area contributed by atoms with E-state index in [0.717, 1.165) is 11.1 Å². The monoisotopic (exact) mass is 556 g/mol. The second-order valence-electron chi connectivity index (χ2n) is 11.3. The van der Waals surface area contributed by atoms with Gasteiger partial charge in [-0.05, 0) is 37.3 Å². The number of esters is 1. The molecule has 0 radical (unpaired) electrons. The minimum atomic E-state index is -1.30. The number of nitrogens with one attached hydrogen (secondary N) is 2. The fraction of sp³-hybridized carbons (Fsp3) is 0.467. The lowest BCUT2D eigenvalue weighted by Gasteiger charge is -2.32. The third-order valence-electron chi connectivity index (χ3n) is 5.55. The molecule has 0 fully saturated rings. The lowest BCUT2D eigenvalue weighted by molar-refractivity contribution is -0.147. The van der Waals surface area contributed by atoms with Gasteiger partial charge in [0.25, 0.3) is 0 Å². The third-order valence-corrected chi connectivity index (χ3v) is 5.55. The van der Waals surface area contributed by atoms with Gasteiger partial charge in [0.2, 0.25) is 5.91 Å². The van der Waals surface area contributed by atoms with Crippen molar-refractivity contribution < 1.29 is 38.1 Å². The van der Waals surface area contributed by atoms with E-state index in [1.54, 1.807) is 32.9 Å². The Morgan fingerprint density at radius 1 is 0.725 bits per heavy atom. The van der Waals surface area contributed by atoms with Crippen molar-refractivity contribution in [2.45, 2.75) is 78.9 Å². The molecule has 2 amide bonds. The Labute approximate surface area is 235 Å². The molecule has 40 heavy (non-hydrogen) atoms. The molecule has 2 aromatic rings. The topological polar surface area (TPSA) is 129 Å². The van der Waals surface area contributed by atoms with Crippen LogP contribution in [0.2, 0.25) is 0 Å². The van der Waals surface area contributed by atoms with Gasteiger partial charge >= 0.3 is 18.2 Å². The lowest BCUT2D eigenvalue weighted by Crippen LogP contribution is -2.55. The zero-order valence-corrected chi connectivity index (χ0v) is 24.0. The first-order chi connectivity index (χ1) is 18.7. The van der Waals surface area contributed by atoms with E-state index in [9.17, 15) is 19.2 Å². The highest BCUT2D eigenvalue weighted by Gasteiger charge is 2.33. The molecule has 2 N–H and O–H groups in total. The van der Waals surface area contributed by atoms with E-state index in [4.69, 9.17) is 18.9 Å². The SMILES string of the molecule is CC(C)(C)OC(=O)NC(CC(=O)OCc1ccccc1)C(=O)NC(COC(=O)OCc1ccccc1)C(C)(C)C. The van der Waals surface area contributed by atoms with E-state index >= 15 is 0 Å². The van der Waals surface area contributed by atoms with Gasteiger partial charge in [-0.2, -0.15) is 0 Å². The van der Waals surface area contributed by atoms with Crippen LogP contribution in [0.4, 0.5) is 9.59 Å². The largest absolute Gasteiger partial charge is 0.508 e. The Kier molecular flexibility index (Phi) is 12.0.